The van der Waals surface area contributed by atoms with Gasteiger partial charge in [-0.1, -0.05) is 13.0 Å². The Bertz CT molecular complexity index is 109. The fraction of sp³-hybridized carbons (Fsp3) is 0.857. The minimum absolute atomic E-state index is 0. The summed E-state index contributed by atoms with van der Waals surface area (Å²) >= 11 is 0. The molecule has 63 valence electrons. The van der Waals surface area contributed by atoms with Crippen molar-refractivity contribution >= 4 is 5.78 Å². The number of hydrogen-bond acceptors (Lipinski definition) is 2. The first-order valence-corrected chi connectivity index (χ1v) is 3.47. The van der Waals surface area contributed by atoms with E-state index in [1.54, 1.807) is 0 Å². The quantitative estimate of drug-likeness (QED) is 0.687. The van der Waals surface area contributed by atoms with Crippen molar-refractivity contribution in [3.63, 3.8) is 0 Å². The van der Waals surface area contributed by atoms with E-state index in [0.29, 0.717) is 6.61 Å². The second-order valence-electron chi connectivity index (χ2n) is 2.24. The Morgan fingerprint density at radius 3 is 2.55 bits per heavy atom. The third-order valence-corrected chi connectivity index (χ3v) is 1.12. The number of Topliss-reactive ketones (excluding diaryl/α,β-unsaturated/α-hetero) is 1. The molecule has 0 amide bonds. The van der Waals surface area contributed by atoms with Crippen molar-refractivity contribution in [2.45, 2.75) is 26.3 Å². The number of rotatable bonds is 5. The summed E-state index contributed by atoms with van der Waals surface area (Å²) in [6.45, 7) is 4.28. The largest absolute Gasteiger partial charge is 0.667 e. The molecule has 0 saturated carbocycles. The summed E-state index contributed by atoms with van der Waals surface area (Å²) in [6, 6.07) is -0.688. The summed E-state index contributed by atoms with van der Waals surface area (Å²) < 4.78 is 5.00. The molecule has 0 rings (SSSR count). The molecule has 4 heteroatoms. The number of carbonyl (C=O) groups excluding carboxylic acids is 1. The van der Waals surface area contributed by atoms with E-state index in [0.717, 1.165) is 6.42 Å². The minimum atomic E-state index is -0.688. The van der Waals surface area contributed by atoms with Gasteiger partial charge < -0.3 is 15.3 Å². The van der Waals surface area contributed by atoms with Gasteiger partial charge in [-0.25, -0.2) is 0 Å². The number of hydrogen-bond donors (Lipinski definition) is 0. The van der Waals surface area contributed by atoms with Crippen LogP contribution in [0, 0.1) is 44.1 Å². The van der Waals surface area contributed by atoms with Gasteiger partial charge in [0.1, 0.15) is 5.78 Å². The summed E-state index contributed by atoms with van der Waals surface area (Å²) in [5.74, 6) is -0.129. The van der Waals surface area contributed by atoms with E-state index >= 15 is 0 Å². The maximum Gasteiger partial charge on any atom is 0.114 e. The van der Waals surface area contributed by atoms with Crippen LogP contribution in [0.2, 0.25) is 0 Å². The van der Waals surface area contributed by atoms with E-state index in [-0.39, 0.29) is 56.5 Å². The zero-order valence-corrected chi connectivity index (χ0v) is 11.8. The molecule has 0 aromatic heterocycles. The zero-order chi connectivity index (χ0) is 7.98. The van der Waals surface area contributed by atoms with Crippen LogP contribution in [0.25, 0.3) is 5.73 Å². The van der Waals surface area contributed by atoms with Crippen LogP contribution in [-0.4, -0.2) is 25.0 Å². The van der Waals surface area contributed by atoms with Gasteiger partial charge in [-0.3, -0.25) is 0 Å². The molecule has 1 unspecified atom stereocenters. The summed E-state index contributed by atoms with van der Waals surface area (Å²) in [5, 5.41) is 0. The molecule has 1 atom stereocenters. The normalized spacial score (nSPS) is 11.9. The second kappa shape index (κ2) is 9.12. The third-order valence-electron chi connectivity index (χ3n) is 1.12. The first-order valence-electron chi connectivity index (χ1n) is 3.47. The molecule has 0 heterocycles. The van der Waals surface area contributed by atoms with Crippen LogP contribution in [0.5, 0.6) is 0 Å². The molecular weight excluding hydrogens is 357 g/mol. The van der Waals surface area contributed by atoms with Crippen molar-refractivity contribution < 1.29 is 53.6 Å². The molecule has 0 spiro atoms. The van der Waals surface area contributed by atoms with E-state index in [1.165, 1.54) is 6.92 Å². The van der Waals surface area contributed by atoms with Gasteiger partial charge in [0.2, 0.25) is 0 Å². The Morgan fingerprint density at radius 2 is 2.18 bits per heavy atom. The zero-order valence-electron chi connectivity index (χ0n) is 7.09. The van der Waals surface area contributed by atoms with Crippen molar-refractivity contribution in [2.24, 2.45) is 0 Å². The van der Waals surface area contributed by atoms with Crippen LogP contribution in [0.15, 0.2) is 0 Å². The molecule has 3 nitrogen and oxygen atoms in total. The van der Waals surface area contributed by atoms with Gasteiger partial charge in [-0.15, -0.1) is 0 Å². The van der Waals surface area contributed by atoms with E-state index in [1.807, 2.05) is 6.92 Å². The van der Waals surface area contributed by atoms with Gasteiger partial charge in [0.15, 0.2) is 0 Å². The molecule has 0 aromatic carbocycles. The van der Waals surface area contributed by atoms with E-state index in [9.17, 15) is 4.79 Å². The maximum atomic E-state index is 10.5. The summed E-state index contributed by atoms with van der Waals surface area (Å²) in [4.78, 5) is 10.5. The molecular formula is C7H14AcNO2-. The average molecular weight is 371 g/mol. The van der Waals surface area contributed by atoms with Crippen LogP contribution in [0.4, 0.5) is 0 Å². The Hall–Kier alpha value is 1.03. The number of ether oxygens (including phenoxy) is 1. The van der Waals surface area contributed by atoms with Crippen LogP contribution in [0.1, 0.15) is 20.3 Å². The monoisotopic (exact) mass is 371 g/mol. The van der Waals surface area contributed by atoms with Crippen molar-refractivity contribution in [1.29, 1.82) is 0 Å². The Kier molecular flexibility index (Phi) is 12.1. The van der Waals surface area contributed by atoms with Gasteiger partial charge in [-0.05, 0) is 13.3 Å². The molecule has 0 aliphatic heterocycles. The summed E-state index contributed by atoms with van der Waals surface area (Å²) in [7, 11) is 0. The Balaban J connectivity index is 0. The summed E-state index contributed by atoms with van der Waals surface area (Å²) in [5.41, 5.74) is 7.13. The molecule has 0 aliphatic carbocycles. The van der Waals surface area contributed by atoms with Gasteiger partial charge in [0.25, 0.3) is 0 Å². The SMILES string of the molecule is CCCOCC([NH-])C(C)=O.[Ac]. The fourth-order valence-electron chi connectivity index (χ4n) is 0.463. The average Bonchev–Trinajstić information content (AvgIpc) is 1.88. The maximum absolute atomic E-state index is 10.5. The van der Waals surface area contributed by atoms with Crippen LogP contribution in [0.3, 0.4) is 0 Å². The van der Waals surface area contributed by atoms with Crippen molar-refractivity contribution in [3.05, 3.63) is 5.73 Å². The second-order valence-corrected chi connectivity index (χ2v) is 2.24. The third kappa shape index (κ3) is 8.94. The number of ketones is 1. The van der Waals surface area contributed by atoms with Crippen LogP contribution in [-0.2, 0) is 9.53 Å². The predicted octanol–water partition coefficient (Wildman–Crippen LogP) is 1.42. The van der Waals surface area contributed by atoms with Gasteiger partial charge in [-0.2, -0.15) is 0 Å². The van der Waals surface area contributed by atoms with Gasteiger partial charge in [0, 0.05) is 57.3 Å². The fourth-order valence-corrected chi connectivity index (χ4v) is 0.463. The van der Waals surface area contributed by atoms with E-state index < -0.39 is 6.04 Å². The molecule has 0 fully saturated rings. The Morgan fingerprint density at radius 1 is 1.64 bits per heavy atom. The van der Waals surface area contributed by atoms with E-state index in [2.05, 4.69) is 0 Å². The van der Waals surface area contributed by atoms with Crippen molar-refractivity contribution in [1.82, 2.24) is 0 Å². The number of carbonyl (C=O) groups is 1. The first-order chi connectivity index (χ1) is 4.68. The van der Waals surface area contributed by atoms with Crippen molar-refractivity contribution in [3.8, 4) is 0 Å². The molecule has 0 bridgehead atoms. The van der Waals surface area contributed by atoms with Gasteiger partial charge >= 0.3 is 0 Å². The van der Waals surface area contributed by atoms with E-state index in [4.69, 9.17) is 10.5 Å². The molecule has 0 aromatic rings. The number of nitrogens with one attached hydrogen (secondary N) is 1. The van der Waals surface area contributed by atoms with Crippen LogP contribution < -0.4 is 0 Å². The smallest absolute Gasteiger partial charge is 0.114 e. The first kappa shape index (κ1) is 14.5. The predicted molar refractivity (Wildman–Crippen MR) is 39.9 cm³/mol. The standard InChI is InChI=1S/C7H14NO2.Ac/c1-3-4-10-5-7(8)6(2)9;/h7-8H,3-5H2,1-2H3;/q-1;. The van der Waals surface area contributed by atoms with Gasteiger partial charge in [0.05, 0.1) is 0 Å². The molecule has 0 aliphatic rings. The molecule has 1 N–H and O–H groups in total. The minimum Gasteiger partial charge on any atom is -0.667 e. The van der Waals surface area contributed by atoms with Crippen molar-refractivity contribution in [2.75, 3.05) is 13.2 Å². The Labute approximate surface area is 104 Å². The molecule has 0 saturated heterocycles. The summed E-state index contributed by atoms with van der Waals surface area (Å²) in [6.07, 6.45) is 0.935. The molecule has 11 heavy (non-hydrogen) atoms. The van der Waals surface area contributed by atoms with Crippen LogP contribution >= 0.6 is 0 Å². The molecule has 1 radical (unpaired) electrons. The topological polar surface area (TPSA) is 50.1 Å².